The van der Waals surface area contributed by atoms with Gasteiger partial charge >= 0.3 is 0 Å². The maximum absolute atomic E-state index is 12.8. The van der Waals surface area contributed by atoms with Gasteiger partial charge in [-0.1, -0.05) is 18.2 Å². The quantitative estimate of drug-likeness (QED) is 0.625. The van der Waals surface area contributed by atoms with Gasteiger partial charge in [0.05, 0.1) is 19.2 Å². The van der Waals surface area contributed by atoms with Gasteiger partial charge in [-0.05, 0) is 42.3 Å². The predicted octanol–water partition coefficient (Wildman–Crippen LogP) is 3.18. The molecule has 0 aliphatic carbocycles. The average Bonchev–Trinajstić information content (AvgIpc) is 3.21. The number of benzene rings is 2. The number of aromatic nitrogens is 2. The zero-order chi connectivity index (χ0) is 20.1. The number of anilines is 2. The number of methoxy groups -OCH3 is 1. The van der Waals surface area contributed by atoms with Crippen LogP contribution in [0.25, 0.3) is 0 Å². The van der Waals surface area contributed by atoms with Crippen LogP contribution >= 0.6 is 0 Å². The number of hydrogen-bond donors (Lipinski definition) is 1. The van der Waals surface area contributed by atoms with Crippen LogP contribution in [-0.2, 0) is 6.42 Å². The molecule has 2 aromatic carbocycles. The van der Waals surface area contributed by atoms with Gasteiger partial charge in [-0.15, -0.1) is 0 Å². The maximum atomic E-state index is 12.8. The normalized spacial score (nSPS) is 12.4. The van der Waals surface area contributed by atoms with E-state index in [2.05, 4.69) is 21.4 Å². The highest BCUT2D eigenvalue weighted by Gasteiger charge is 2.25. The van der Waals surface area contributed by atoms with Crippen molar-refractivity contribution in [2.24, 2.45) is 0 Å². The summed E-state index contributed by atoms with van der Waals surface area (Å²) >= 11 is 0. The summed E-state index contributed by atoms with van der Waals surface area (Å²) in [6.45, 7) is 1.68. The van der Waals surface area contributed by atoms with Gasteiger partial charge in [0.1, 0.15) is 18.1 Å². The van der Waals surface area contributed by atoms with Crippen molar-refractivity contribution >= 4 is 17.5 Å². The second kappa shape index (κ2) is 8.60. The van der Waals surface area contributed by atoms with Gasteiger partial charge < -0.3 is 19.7 Å². The molecule has 0 radical (unpaired) electrons. The van der Waals surface area contributed by atoms with Crippen LogP contribution in [0.4, 0.5) is 11.6 Å². The molecule has 0 unspecified atom stereocenters. The van der Waals surface area contributed by atoms with Gasteiger partial charge in [0.15, 0.2) is 0 Å². The van der Waals surface area contributed by atoms with Crippen molar-refractivity contribution in [2.75, 3.05) is 37.0 Å². The Bertz CT molecular complexity index is 974. The lowest BCUT2D eigenvalue weighted by Gasteiger charge is -2.17. The minimum Gasteiger partial charge on any atom is -0.497 e. The molecule has 148 valence electrons. The topological polar surface area (TPSA) is 76.6 Å². The van der Waals surface area contributed by atoms with Crippen LogP contribution < -0.4 is 19.7 Å². The van der Waals surface area contributed by atoms with Crippen LogP contribution in [0, 0.1) is 0 Å². The van der Waals surface area contributed by atoms with Crippen LogP contribution in [0.1, 0.15) is 15.9 Å². The average molecular weight is 390 g/mol. The molecule has 4 rings (SSSR count). The predicted molar refractivity (Wildman–Crippen MR) is 111 cm³/mol. The van der Waals surface area contributed by atoms with Gasteiger partial charge in [-0.25, -0.2) is 9.97 Å². The lowest BCUT2D eigenvalue weighted by atomic mass is 10.2. The molecule has 0 spiro atoms. The number of para-hydroxylation sites is 1. The number of nitrogens with zero attached hydrogens (tertiary/aromatic N) is 3. The first-order chi connectivity index (χ1) is 14.2. The van der Waals surface area contributed by atoms with Crippen LogP contribution in [0.5, 0.6) is 11.5 Å². The number of amides is 1. The van der Waals surface area contributed by atoms with E-state index in [0.29, 0.717) is 31.2 Å². The van der Waals surface area contributed by atoms with Crippen molar-refractivity contribution < 1.29 is 14.3 Å². The van der Waals surface area contributed by atoms with Crippen LogP contribution in [-0.4, -0.2) is 42.7 Å². The Hall–Kier alpha value is -3.61. The fraction of sp³-hybridized carbons (Fsp3) is 0.227. The van der Waals surface area contributed by atoms with E-state index in [9.17, 15) is 4.79 Å². The minimum atomic E-state index is -0.0793. The van der Waals surface area contributed by atoms with Crippen molar-refractivity contribution in [3.63, 3.8) is 0 Å². The molecule has 7 heteroatoms. The molecule has 0 atom stereocenters. The summed E-state index contributed by atoms with van der Waals surface area (Å²) in [6.07, 6.45) is 3.99. The van der Waals surface area contributed by atoms with E-state index < -0.39 is 0 Å². The summed E-state index contributed by atoms with van der Waals surface area (Å²) in [6, 6.07) is 15.4. The summed E-state index contributed by atoms with van der Waals surface area (Å²) < 4.78 is 10.8. The van der Waals surface area contributed by atoms with Crippen molar-refractivity contribution in [1.82, 2.24) is 9.97 Å². The SMILES string of the molecule is COc1ccc(OCCNc2ncc(C(=O)N3CCc4ccccc43)cn2)cc1. The van der Waals surface area contributed by atoms with Crippen molar-refractivity contribution in [2.45, 2.75) is 6.42 Å². The molecule has 0 saturated heterocycles. The first-order valence-corrected chi connectivity index (χ1v) is 9.47. The van der Waals surface area contributed by atoms with Gasteiger partial charge in [0, 0.05) is 24.6 Å². The van der Waals surface area contributed by atoms with E-state index >= 15 is 0 Å². The molecule has 2 heterocycles. The van der Waals surface area contributed by atoms with Crippen LogP contribution in [0.15, 0.2) is 60.9 Å². The molecule has 7 nitrogen and oxygen atoms in total. The zero-order valence-corrected chi connectivity index (χ0v) is 16.2. The number of nitrogens with one attached hydrogen (secondary N) is 1. The van der Waals surface area contributed by atoms with Gasteiger partial charge in [-0.3, -0.25) is 4.79 Å². The highest BCUT2D eigenvalue weighted by Crippen LogP contribution is 2.28. The molecular formula is C22H22N4O3. The first-order valence-electron chi connectivity index (χ1n) is 9.47. The second-order valence-electron chi connectivity index (χ2n) is 6.58. The molecule has 0 saturated carbocycles. The lowest BCUT2D eigenvalue weighted by Crippen LogP contribution is -2.29. The number of ether oxygens (including phenoxy) is 2. The van der Waals surface area contributed by atoms with E-state index in [1.165, 1.54) is 5.56 Å². The van der Waals surface area contributed by atoms with Crippen molar-refractivity contribution in [1.29, 1.82) is 0 Å². The number of carbonyl (C=O) groups excluding carboxylic acids is 1. The maximum Gasteiger partial charge on any atom is 0.261 e. The number of hydrogen-bond acceptors (Lipinski definition) is 6. The molecule has 1 aromatic heterocycles. The Kier molecular flexibility index (Phi) is 5.56. The number of fused-ring (bicyclic) bond motifs is 1. The summed E-state index contributed by atoms with van der Waals surface area (Å²) in [5.41, 5.74) is 2.63. The largest absolute Gasteiger partial charge is 0.497 e. The third-order valence-corrected chi connectivity index (χ3v) is 4.74. The molecule has 1 N–H and O–H groups in total. The summed E-state index contributed by atoms with van der Waals surface area (Å²) in [5.74, 6) is 1.93. The van der Waals surface area contributed by atoms with Crippen molar-refractivity contribution in [3.05, 3.63) is 72.1 Å². The molecule has 0 bridgehead atoms. The van der Waals surface area contributed by atoms with Gasteiger partial charge in [0.25, 0.3) is 5.91 Å². The number of carbonyl (C=O) groups is 1. The van der Waals surface area contributed by atoms with E-state index in [1.54, 1.807) is 24.4 Å². The van der Waals surface area contributed by atoms with Gasteiger partial charge in [-0.2, -0.15) is 0 Å². The monoisotopic (exact) mass is 390 g/mol. The molecule has 1 aliphatic heterocycles. The molecule has 0 fully saturated rings. The van der Waals surface area contributed by atoms with Crippen molar-refractivity contribution in [3.8, 4) is 11.5 Å². The smallest absolute Gasteiger partial charge is 0.261 e. The Morgan fingerprint density at radius 2 is 1.79 bits per heavy atom. The molecular weight excluding hydrogens is 368 g/mol. The lowest BCUT2D eigenvalue weighted by molar-refractivity contribution is 0.0988. The van der Waals surface area contributed by atoms with Crippen LogP contribution in [0.2, 0.25) is 0 Å². The van der Waals surface area contributed by atoms with E-state index in [-0.39, 0.29) is 5.91 Å². The molecule has 29 heavy (non-hydrogen) atoms. The first kappa shape index (κ1) is 18.7. The number of rotatable bonds is 7. The molecule has 3 aromatic rings. The summed E-state index contributed by atoms with van der Waals surface area (Å²) in [5, 5.41) is 3.09. The minimum absolute atomic E-state index is 0.0793. The zero-order valence-electron chi connectivity index (χ0n) is 16.2. The summed E-state index contributed by atoms with van der Waals surface area (Å²) in [7, 11) is 1.63. The Morgan fingerprint density at radius 3 is 2.55 bits per heavy atom. The standard InChI is InChI=1S/C22H22N4O3/c1-28-18-6-8-19(9-7-18)29-13-11-23-22-24-14-17(15-25-22)21(27)26-12-10-16-4-2-3-5-20(16)26/h2-9,14-15H,10-13H2,1H3,(H,23,24,25). The third kappa shape index (κ3) is 4.29. The fourth-order valence-electron chi connectivity index (χ4n) is 3.24. The Labute approximate surface area is 169 Å². The Morgan fingerprint density at radius 1 is 1.07 bits per heavy atom. The molecule has 1 amide bonds. The second-order valence-corrected chi connectivity index (χ2v) is 6.58. The Balaban J connectivity index is 1.28. The van der Waals surface area contributed by atoms with Gasteiger partial charge in [0.2, 0.25) is 5.95 Å². The summed E-state index contributed by atoms with van der Waals surface area (Å²) in [4.78, 5) is 23.1. The van der Waals surface area contributed by atoms with E-state index in [1.807, 2.05) is 42.5 Å². The van der Waals surface area contributed by atoms with Crippen LogP contribution in [0.3, 0.4) is 0 Å². The fourth-order valence-corrected chi connectivity index (χ4v) is 3.24. The third-order valence-electron chi connectivity index (χ3n) is 4.74. The molecule has 1 aliphatic rings. The van der Waals surface area contributed by atoms with E-state index in [4.69, 9.17) is 9.47 Å². The van der Waals surface area contributed by atoms with E-state index in [0.717, 1.165) is 23.6 Å². The highest BCUT2D eigenvalue weighted by molar-refractivity contribution is 6.06. The highest BCUT2D eigenvalue weighted by atomic mass is 16.5.